The minimum atomic E-state index is 0.298. The molecule has 3 heterocycles. The van der Waals surface area contributed by atoms with E-state index in [9.17, 15) is 0 Å². The van der Waals surface area contributed by atoms with Crippen molar-refractivity contribution in [3.63, 3.8) is 0 Å². The van der Waals surface area contributed by atoms with Gasteiger partial charge in [0.2, 0.25) is 0 Å². The van der Waals surface area contributed by atoms with Gasteiger partial charge in [0.15, 0.2) is 0 Å². The van der Waals surface area contributed by atoms with E-state index in [4.69, 9.17) is 14.2 Å². The van der Waals surface area contributed by atoms with Gasteiger partial charge >= 0.3 is 0 Å². The van der Waals surface area contributed by atoms with Gasteiger partial charge in [-0.25, -0.2) is 0 Å². The standard InChI is InChI=1S/C49H48N8O3/c1-3-13-30-58-45-23-10-9-22-43(45)52-50-39-19-15-18-38(32-39)44-34-57(55-53-44)29-12-2-4-14-31-59-46-26-24-36-16-5-7-20-41(36)48(46)49-42-21-8-6-17-37(42)25-27-47(49)60-35-40-33-56(28-11-1)54-51-40/h5-10,15-27,32-34H,1-4,11-14,28-31,35H2. The number of fused-ring (bicyclic) bond motifs is 15. The van der Waals surface area contributed by atoms with Crippen LogP contribution in [0.4, 0.5) is 11.4 Å². The molecule has 0 unspecified atom stereocenters. The number of nitrogens with zero attached hydrogens (tertiary/aromatic N) is 8. The quantitative estimate of drug-likeness (QED) is 0.150. The summed E-state index contributed by atoms with van der Waals surface area (Å²) < 4.78 is 23.3. The molecule has 1 aliphatic rings. The number of azo groups is 1. The lowest BCUT2D eigenvalue weighted by molar-refractivity contribution is 0.299. The average Bonchev–Trinajstić information content (AvgIpc) is 3.97. The Labute approximate surface area is 349 Å². The highest BCUT2D eigenvalue weighted by molar-refractivity contribution is 6.09. The molecule has 11 nitrogen and oxygen atoms in total. The number of rotatable bonds is 0. The molecule has 0 fully saturated rings. The van der Waals surface area contributed by atoms with Crippen molar-refractivity contribution in [3.8, 4) is 39.6 Å². The van der Waals surface area contributed by atoms with Gasteiger partial charge in [-0.3, -0.25) is 9.36 Å². The minimum absolute atomic E-state index is 0.298. The normalized spacial score (nSPS) is 14.8. The van der Waals surface area contributed by atoms with Crippen molar-refractivity contribution < 1.29 is 14.2 Å². The fraction of sp³-hybridized carbons (Fsp3) is 0.265. The highest BCUT2D eigenvalue weighted by Gasteiger charge is 2.20. The number of aryl methyl sites for hydroxylation is 2. The van der Waals surface area contributed by atoms with Crippen LogP contribution < -0.4 is 14.2 Å². The average molecular weight is 797 g/mol. The molecular formula is C49H48N8O3. The van der Waals surface area contributed by atoms with E-state index in [0.29, 0.717) is 25.5 Å². The molecule has 0 atom stereocenters. The van der Waals surface area contributed by atoms with Crippen LogP contribution in [0.1, 0.15) is 57.1 Å². The van der Waals surface area contributed by atoms with E-state index < -0.39 is 0 Å². The summed E-state index contributed by atoms with van der Waals surface area (Å²) >= 11 is 0. The van der Waals surface area contributed by atoms with Gasteiger partial charge in [0.1, 0.15) is 40.9 Å². The maximum Gasteiger partial charge on any atom is 0.146 e. The summed E-state index contributed by atoms with van der Waals surface area (Å²) in [5, 5.41) is 31.4. The van der Waals surface area contributed by atoms with Crippen LogP contribution in [0.2, 0.25) is 0 Å². The van der Waals surface area contributed by atoms with Crippen molar-refractivity contribution in [2.24, 2.45) is 10.2 Å². The van der Waals surface area contributed by atoms with Crippen molar-refractivity contribution >= 4 is 32.9 Å². The molecule has 2 aromatic heterocycles. The third-order valence-corrected chi connectivity index (χ3v) is 10.9. The molecule has 6 bridgehead atoms. The number of hydrogen-bond donors (Lipinski definition) is 0. The van der Waals surface area contributed by atoms with Crippen molar-refractivity contribution in [1.29, 1.82) is 0 Å². The van der Waals surface area contributed by atoms with Gasteiger partial charge < -0.3 is 14.2 Å². The van der Waals surface area contributed by atoms with Gasteiger partial charge in [0.25, 0.3) is 0 Å². The smallest absolute Gasteiger partial charge is 0.146 e. The van der Waals surface area contributed by atoms with E-state index in [0.717, 1.165) is 137 Å². The van der Waals surface area contributed by atoms with Crippen LogP contribution in [0.15, 0.2) is 144 Å². The predicted molar refractivity (Wildman–Crippen MR) is 235 cm³/mol. The van der Waals surface area contributed by atoms with Crippen molar-refractivity contribution in [1.82, 2.24) is 30.0 Å². The first-order valence-electron chi connectivity index (χ1n) is 21.1. The summed E-state index contributed by atoms with van der Waals surface area (Å²) in [4.78, 5) is 0. The third-order valence-electron chi connectivity index (χ3n) is 10.9. The van der Waals surface area contributed by atoms with E-state index in [2.05, 4.69) is 104 Å². The first-order valence-corrected chi connectivity index (χ1v) is 21.1. The van der Waals surface area contributed by atoms with E-state index in [1.54, 1.807) is 0 Å². The van der Waals surface area contributed by atoms with E-state index in [1.807, 2.05) is 70.3 Å². The Bertz CT molecular complexity index is 2720. The Balaban J connectivity index is 0.956. The highest BCUT2D eigenvalue weighted by atomic mass is 16.5. The maximum absolute atomic E-state index is 6.67. The maximum atomic E-state index is 6.67. The van der Waals surface area contributed by atoms with Crippen LogP contribution in [0.25, 0.3) is 43.9 Å². The molecule has 6 aromatic carbocycles. The van der Waals surface area contributed by atoms with Crippen molar-refractivity contribution in [3.05, 3.63) is 139 Å². The van der Waals surface area contributed by atoms with Gasteiger partial charge in [-0.05, 0) is 96.5 Å². The number of aromatic nitrogens is 6. The molecule has 0 saturated heterocycles. The molecule has 0 amide bonds. The number of hydrogen-bond acceptors (Lipinski definition) is 9. The summed E-state index contributed by atoms with van der Waals surface area (Å²) in [6.07, 6.45) is 12.0. The summed E-state index contributed by atoms with van der Waals surface area (Å²) in [5.74, 6) is 2.35. The summed E-state index contributed by atoms with van der Waals surface area (Å²) in [6, 6.07) is 41.1. The molecule has 1 aliphatic heterocycles. The molecule has 0 saturated carbocycles. The molecule has 60 heavy (non-hydrogen) atoms. The summed E-state index contributed by atoms with van der Waals surface area (Å²) in [5.41, 5.74) is 6.03. The number of benzene rings is 6. The molecule has 0 aliphatic carbocycles. The first kappa shape index (κ1) is 38.6. The van der Waals surface area contributed by atoms with Crippen LogP contribution in [0, 0.1) is 0 Å². The van der Waals surface area contributed by atoms with Gasteiger partial charge in [-0.1, -0.05) is 108 Å². The van der Waals surface area contributed by atoms with Crippen molar-refractivity contribution in [2.75, 3.05) is 13.2 Å². The van der Waals surface area contributed by atoms with Gasteiger partial charge in [0, 0.05) is 29.8 Å². The summed E-state index contributed by atoms with van der Waals surface area (Å²) in [7, 11) is 0. The monoisotopic (exact) mass is 796 g/mol. The minimum Gasteiger partial charge on any atom is -0.493 e. The van der Waals surface area contributed by atoms with Crippen LogP contribution >= 0.6 is 0 Å². The van der Waals surface area contributed by atoms with Crippen LogP contribution in [0.5, 0.6) is 17.2 Å². The van der Waals surface area contributed by atoms with Gasteiger partial charge in [-0.2, -0.15) is 5.11 Å². The second kappa shape index (κ2) is 18.8. The zero-order chi connectivity index (χ0) is 40.4. The van der Waals surface area contributed by atoms with E-state index in [-0.39, 0.29) is 0 Å². The third kappa shape index (κ3) is 9.20. The number of para-hydroxylation sites is 1. The van der Waals surface area contributed by atoms with E-state index in [1.165, 1.54) is 0 Å². The molecule has 0 spiro atoms. The second-order valence-corrected chi connectivity index (χ2v) is 15.2. The van der Waals surface area contributed by atoms with Crippen molar-refractivity contribution in [2.45, 2.75) is 71.1 Å². The molecule has 0 radical (unpaired) electrons. The fourth-order valence-electron chi connectivity index (χ4n) is 7.79. The van der Waals surface area contributed by atoms with E-state index >= 15 is 0 Å². The Morgan fingerprint density at radius 3 is 1.83 bits per heavy atom. The summed E-state index contributed by atoms with van der Waals surface area (Å²) in [6.45, 7) is 3.08. The largest absolute Gasteiger partial charge is 0.493 e. The zero-order valence-electron chi connectivity index (χ0n) is 33.7. The predicted octanol–water partition coefficient (Wildman–Crippen LogP) is 12.1. The second-order valence-electron chi connectivity index (χ2n) is 15.2. The zero-order valence-corrected chi connectivity index (χ0v) is 33.7. The fourth-order valence-corrected chi connectivity index (χ4v) is 7.79. The molecular weight excluding hydrogens is 749 g/mol. The number of ether oxygens (including phenoxy) is 3. The lowest BCUT2D eigenvalue weighted by Crippen LogP contribution is -2.03. The Kier molecular flexibility index (Phi) is 12.1. The molecule has 0 N–H and O–H groups in total. The van der Waals surface area contributed by atoms with Crippen LogP contribution in [-0.4, -0.2) is 43.2 Å². The van der Waals surface area contributed by atoms with Crippen LogP contribution in [0.3, 0.4) is 0 Å². The topological polar surface area (TPSA) is 114 Å². The first-order chi connectivity index (χ1) is 29.7. The van der Waals surface area contributed by atoms with Crippen LogP contribution in [-0.2, 0) is 19.7 Å². The Morgan fingerprint density at radius 1 is 0.467 bits per heavy atom. The molecule has 302 valence electrons. The van der Waals surface area contributed by atoms with Gasteiger partial charge in [-0.15, -0.1) is 15.3 Å². The lowest BCUT2D eigenvalue weighted by atomic mass is 9.92. The molecule has 11 heteroatoms. The van der Waals surface area contributed by atoms with Gasteiger partial charge in [0.05, 0.1) is 31.3 Å². The Morgan fingerprint density at radius 2 is 1.08 bits per heavy atom. The molecule has 9 rings (SSSR count). The highest BCUT2D eigenvalue weighted by Crippen LogP contribution is 2.46. The lowest BCUT2D eigenvalue weighted by Gasteiger charge is -2.19. The molecule has 8 aromatic rings. The Hall–Kier alpha value is -6.88. The SMILES string of the molecule is c1cc2cc(c1)-c1cn(nn1)CCCCCCOc1ccc3ccccc3c1-c1c(ccc3ccccc13)OCc1cn(nn1)CCCCCCOc1ccccc1N=N2.